The second-order valence-electron chi connectivity index (χ2n) is 6.64. The van der Waals surface area contributed by atoms with E-state index < -0.39 is 5.97 Å². The minimum Gasteiger partial charge on any atom is -0.491 e. The molecule has 25 heavy (non-hydrogen) atoms. The molecule has 0 bridgehead atoms. The Balaban J connectivity index is 2.41. The molecule has 0 aromatic heterocycles. The molecule has 0 saturated heterocycles. The molecule has 1 N–H and O–H groups in total. The first-order valence-corrected chi connectivity index (χ1v) is 8.75. The van der Waals surface area contributed by atoms with Crippen LogP contribution >= 0.6 is 0 Å². The molecule has 0 saturated carbocycles. The van der Waals surface area contributed by atoms with Gasteiger partial charge in [-0.3, -0.25) is 0 Å². The van der Waals surface area contributed by atoms with Crippen LogP contribution in [0.2, 0.25) is 0 Å². The zero-order chi connectivity index (χ0) is 18.6. The number of aromatic carboxylic acids is 1. The number of carbonyl (C=O) groups is 1. The fourth-order valence-electron chi connectivity index (χ4n) is 2.82. The molecule has 4 heteroatoms. The number of rotatable bonds is 7. The van der Waals surface area contributed by atoms with Crippen molar-refractivity contribution in [3.05, 3.63) is 53.6 Å². The maximum absolute atomic E-state index is 11.0. The lowest BCUT2D eigenvalue weighted by atomic mass is 10.0. The molecule has 0 heterocycles. The van der Waals surface area contributed by atoms with E-state index in [0.29, 0.717) is 11.5 Å². The first-order valence-electron chi connectivity index (χ1n) is 8.75. The van der Waals surface area contributed by atoms with Gasteiger partial charge in [0.1, 0.15) is 5.75 Å². The van der Waals surface area contributed by atoms with Gasteiger partial charge in [-0.1, -0.05) is 19.9 Å². The van der Waals surface area contributed by atoms with E-state index in [1.165, 1.54) is 5.56 Å². The molecule has 0 unspecified atom stereocenters. The molecule has 0 fully saturated rings. The van der Waals surface area contributed by atoms with Crippen molar-refractivity contribution < 1.29 is 14.6 Å². The molecule has 0 aliphatic heterocycles. The summed E-state index contributed by atoms with van der Waals surface area (Å²) in [5.41, 5.74) is 3.47. The normalized spacial score (nSPS) is 11.0. The Morgan fingerprint density at radius 2 is 1.64 bits per heavy atom. The Hall–Kier alpha value is -2.49. The Labute approximate surface area is 150 Å². The van der Waals surface area contributed by atoms with E-state index in [4.69, 9.17) is 9.84 Å². The third-order valence-electron chi connectivity index (χ3n) is 4.04. The molecule has 4 nitrogen and oxygen atoms in total. The van der Waals surface area contributed by atoms with Crippen LogP contribution in [-0.2, 0) is 0 Å². The van der Waals surface area contributed by atoms with E-state index in [9.17, 15) is 4.79 Å². The average molecular weight is 341 g/mol. The summed E-state index contributed by atoms with van der Waals surface area (Å²) in [7, 11) is 0. The van der Waals surface area contributed by atoms with Crippen LogP contribution in [0.1, 0.15) is 56.5 Å². The van der Waals surface area contributed by atoms with E-state index >= 15 is 0 Å². The number of ether oxygens (including phenoxy) is 1. The maximum atomic E-state index is 11.0. The van der Waals surface area contributed by atoms with Gasteiger partial charge in [-0.25, -0.2) is 4.79 Å². The summed E-state index contributed by atoms with van der Waals surface area (Å²) in [5.74, 6) is 0.374. The molecule has 0 aliphatic carbocycles. The van der Waals surface area contributed by atoms with Gasteiger partial charge < -0.3 is 14.7 Å². The van der Waals surface area contributed by atoms with Crippen LogP contribution in [0.4, 0.5) is 11.4 Å². The maximum Gasteiger partial charge on any atom is 0.335 e. The Morgan fingerprint density at radius 1 is 1.04 bits per heavy atom. The van der Waals surface area contributed by atoms with Gasteiger partial charge in [0.15, 0.2) is 0 Å². The van der Waals surface area contributed by atoms with E-state index in [0.717, 1.165) is 23.7 Å². The molecule has 0 spiro atoms. The first-order chi connectivity index (χ1) is 11.8. The van der Waals surface area contributed by atoms with Crippen molar-refractivity contribution in [2.75, 3.05) is 11.4 Å². The second kappa shape index (κ2) is 8.06. The lowest BCUT2D eigenvalue weighted by Crippen LogP contribution is -2.17. The van der Waals surface area contributed by atoms with Gasteiger partial charge in [-0.15, -0.1) is 0 Å². The van der Waals surface area contributed by atoms with Gasteiger partial charge in [0.05, 0.1) is 11.7 Å². The van der Waals surface area contributed by atoms with Crippen molar-refractivity contribution in [1.82, 2.24) is 0 Å². The molecule has 0 aliphatic rings. The molecule has 2 aromatic carbocycles. The van der Waals surface area contributed by atoms with Gasteiger partial charge >= 0.3 is 5.97 Å². The Morgan fingerprint density at radius 3 is 2.12 bits per heavy atom. The van der Waals surface area contributed by atoms with Gasteiger partial charge in [0.25, 0.3) is 0 Å². The Kier molecular flexibility index (Phi) is 6.07. The third kappa shape index (κ3) is 4.53. The van der Waals surface area contributed by atoms with Crippen molar-refractivity contribution >= 4 is 17.3 Å². The van der Waals surface area contributed by atoms with Crippen molar-refractivity contribution in [3.63, 3.8) is 0 Å². The molecule has 0 radical (unpaired) electrons. The predicted molar refractivity (Wildman–Crippen MR) is 102 cm³/mol. The molecule has 2 aromatic rings. The highest BCUT2D eigenvalue weighted by Crippen LogP contribution is 2.34. The molecular formula is C21H27NO3. The highest BCUT2D eigenvalue weighted by atomic mass is 16.5. The minimum atomic E-state index is -0.913. The van der Waals surface area contributed by atoms with Gasteiger partial charge in [0, 0.05) is 24.0 Å². The van der Waals surface area contributed by atoms with Crippen LogP contribution in [-0.4, -0.2) is 23.7 Å². The molecule has 0 atom stereocenters. The lowest BCUT2D eigenvalue weighted by Gasteiger charge is -2.26. The molecule has 2 rings (SSSR count). The fraction of sp³-hybridized carbons (Fsp3) is 0.381. The van der Waals surface area contributed by atoms with Crippen LogP contribution in [0.3, 0.4) is 0 Å². The summed E-state index contributed by atoms with van der Waals surface area (Å²) in [4.78, 5) is 13.2. The zero-order valence-electron chi connectivity index (χ0n) is 15.6. The Bertz CT molecular complexity index is 720. The van der Waals surface area contributed by atoms with Crippen molar-refractivity contribution in [3.8, 4) is 5.75 Å². The smallest absolute Gasteiger partial charge is 0.335 e. The number of anilines is 2. The van der Waals surface area contributed by atoms with Gasteiger partial charge in [-0.05, 0) is 62.6 Å². The highest BCUT2D eigenvalue weighted by Gasteiger charge is 2.14. The number of carboxylic acids is 1. The molecule has 134 valence electrons. The number of hydrogen-bond acceptors (Lipinski definition) is 3. The highest BCUT2D eigenvalue weighted by molar-refractivity contribution is 5.88. The third-order valence-corrected chi connectivity index (χ3v) is 4.04. The standard InChI is InChI=1S/C21H27NO3/c1-6-22(17-9-7-16(8-10-17)21(23)24)18-11-12-19(14(2)3)20(13-18)25-15(4)5/h7-15H,6H2,1-5H3,(H,23,24). The minimum absolute atomic E-state index is 0.109. The quantitative estimate of drug-likeness (QED) is 0.727. The number of nitrogens with zero attached hydrogens (tertiary/aromatic N) is 1. The van der Waals surface area contributed by atoms with E-state index in [2.05, 4.69) is 43.9 Å². The van der Waals surface area contributed by atoms with Crippen LogP contribution in [0, 0.1) is 0 Å². The summed E-state index contributed by atoms with van der Waals surface area (Å²) >= 11 is 0. The zero-order valence-corrected chi connectivity index (χ0v) is 15.6. The molecular weight excluding hydrogens is 314 g/mol. The van der Waals surface area contributed by atoms with Crippen LogP contribution in [0.15, 0.2) is 42.5 Å². The first kappa shape index (κ1) is 18.8. The van der Waals surface area contributed by atoms with E-state index in [1.807, 2.05) is 26.0 Å². The topological polar surface area (TPSA) is 49.8 Å². The molecule has 0 amide bonds. The summed E-state index contributed by atoms with van der Waals surface area (Å²) < 4.78 is 6.02. The van der Waals surface area contributed by atoms with Crippen molar-refractivity contribution in [2.45, 2.75) is 46.6 Å². The van der Waals surface area contributed by atoms with Crippen LogP contribution < -0.4 is 9.64 Å². The van der Waals surface area contributed by atoms with E-state index in [1.54, 1.807) is 12.1 Å². The van der Waals surface area contributed by atoms with Crippen LogP contribution in [0.25, 0.3) is 0 Å². The second-order valence-corrected chi connectivity index (χ2v) is 6.64. The summed E-state index contributed by atoms with van der Waals surface area (Å²) in [5, 5.41) is 9.06. The monoisotopic (exact) mass is 341 g/mol. The largest absolute Gasteiger partial charge is 0.491 e. The number of benzene rings is 2. The van der Waals surface area contributed by atoms with Gasteiger partial charge in [0.2, 0.25) is 0 Å². The summed E-state index contributed by atoms with van der Waals surface area (Å²) in [6.07, 6.45) is 0.109. The summed E-state index contributed by atoms with van der Waals surface area (Å²) in [6, 6.07) is 13.2. The van der Waals surface area contributed by atoms with Crippen molar-refractivity contribution in [2.24, 2.45) is 0 Å². The average Bonchev–Trinajstić information content (AvgIpc) is 2.55. The number of carboxylic acid groups (broad SMARTS) is 1. The number of hydrogen-bond donors (Lipinski definition) is 1. The van der Waals surface area contributed by atoms with Gasteiger partial charge in [-0.2, -0.15) is 0 Å². The summed E-state index contributed by atoms with van der Waals surface area (Å²) in [6.45, 7) is 11.2. The SMILES string of the molecule is CCN(c1ccc(C(=O)O)cc1)c1ccc(C(C)C)c(OC(C)C)c1. The van der Waals surface area contributed by atoms with Crippen LogP contribution in [0.5, 0.6) is 5.75 Å². The lowest BCUT2D eigenvalue weighted by molar-refractivity contribution is 0.0697. The fourth-order valence-corrected chi connectivity index (χ4v) is 2.82. The van der Waals surface area contributed by atoms with Crippen molar-refractivity contribution in [1.29, 1.82) is 0 Å². The predicted octanol–water partition coefficient (Wildman–Crippen LogP) is 5.45. The van der Waals surface area contributed by atoms with E-state index in [-0.39, 0.29) is 6.10 Å².